The van der Waals surface area contributed by atoms with Gasteiger partial charge in [0.25, 0.3) is 0 Å². The Hall–Kier alpha value is -6.25. The number of hydrogen-bond acceptors (Lipinski definition) is 2. The molecule has 1 aliphatic carbocycles. The predicted molar refractivity (Wildman–Crippen MR) is 222 cm³/mol. The van der Waals surface area contributed by atoms with Crippen LogP contribution in [0.25, 0.3) is 86.2 Å². The van der Waals surface area contributed by atoms with Gasteiger partial charge in [0, 0.05) is 41.0 Å². The molecule has 0 heterocycles. The molecule has 10 aromatic carbocycles. The third-order valence-electron chi connectivity index (χ3n) is 11.7. The molecule has 10 aromatic rings. The highest BCUT2D eigenvalue weighted by molar-refractivity contribution is 6.13. The Morgan fingerprint density at radius 3 is 1.04 bits per heavy atom. The Bertz CT molecular complexity index is 2910. The second kappa shape index (κ2) is 11.4. The van der Waals surface area contributed by atoms with E-state index in [1.807, 2.05) is 0 Å². The molecule has 0 radical (unpaired) electrons. The summed E-state index contributed by atoms with van der Waals surface area (Å²) in [5, 5.41) is 20.0. The van der Waals surface area contributed by atoms with E-state index in [9.17, 15) is 4.79 Å². The van der Waals surface area contributed by atoms with Crippen molar-refractivity contribution in [2.24, 2.45) is 0 Å². The van der Waals surface area contributed by atoms with Crippen molar-refractivity contribution in [2.75, 3.05) is 4.90 Å². The van der Waals surface area contributed by atoms with Gasteiger partial charge in [-0.05, 0) is 173 Å². The molecular weight excluding hydrogens is 631 g/mol. The lowest BCUT2D eigenvalue weighted by Crippen LogP contribution is -2.35. The van der Waals surface area contributed by atoms with Crippen LogP contribution in [0.4, 0.5) is 11.4 Å². The van der Waals surface area contributed by atoms with Crippen LogP contribution < -0.4 is 4.90 Å². The Balaban J connectivity index is 1.13. The van der Waals surface area contributed by atoms with Crippen molar-refractivity contribution in [3.05, 3.63) is 158 Å². The first-order valence-electron chi connectivity index (χ1n) is 18.5. The fourth-order valence-corrected chi connectivity index (χ4v) is 9.03. The average molecular weight is 666 g/mol. The number of rotatable bonds is 3. The number of Topliss-reactive ketones (excluding diaryl/α,β-unsaturated/α-hetero) is 1. The number of carbonyl (C=O) groups excluding carboxylic acids is 1. The number of fused-ring (bicyclic) bond motifs is 8. The first-order chi connectivity index (χ1) is 25.6. The number of carbonyl (C=O) groups is 1. The molecule has 52 heavy (non-hydrogen) atoms. The quantitative estimate of drug-likeness (QED) is 0.175. The number of benzene rings is 10. The molecule has 0 bridgehead atoms. The van der Waals surface area contributed by atoms with Crippen molar-refractivity contribution < 1.29 is 4.79 Å². The van der Waals surface area contributed by atoms with Gasteiger partial charge in [-0.15, -0.1) is 0 Å². The highest BCUT2D eigenvalue weighted by Gasteiger charge is 2.28. The van der Waals surface area contributed by atoms with E-state index in [1.165, 1.54) is 97.6 Å². The van der Waals surface area contributed by atoms with Gasteiger partial charge in [-0.2, -0.15) is 0 Å². The van der Waals surface area contributed by atoms with Gasteiger partial charge in [0.15, 0.2) is 0 Å². The van der Waals surface area contributed by atoms with Crippen molar-refractivity contribution in [2.45, 2.75) is 31.7 Å². The van der Waals surface area contributed by atoms with Crippen LogP contribution in [0.3, 0.4) is 0 Å². The van der Waals surface area contributed by atoms with Gasteiger partial charge < -0.3 is 4.90 Å². The van der Waals surface area contributed by atoms with Crippen LogP contribution in [0.1, 0.15) is 25.7 Å². The Labute approximate surface area is 301 Å². The van der Waals surface area contributed by atoms with Gasteiger partial charge in [0.05, 0.1) is 0 Å². The summed E-state index contributed by atoms with van der Waals surface area (Å²) in [6, 6.07) is 59.1. The van der Waals surface area contributed by atoms with E-state index < -0.39 is 0 Å². The molecule has 2 nitrogen and oxygen atoms in total. The maximum atomic E-state index is 12.6. The standard InChI is InChI=1S/C50H35NO/c52-46-17-15-45(16-18-46)51(49-13-5-11-35-23-41-25-37-19-31-7-1-3-9-33(31)21-39(37)27-43(41)29-47(35)49)50-14-6-12-36-24-42-26-38-20-32-8-2-4-10-34(32)22-40(38)28-44(42)30-48(36)50/h1-14,19-30,45H,15-18H2. The lowest BCUT2D eigenvalue weighted by atomic mass is 9.90. The molecule has 0 aromatic heterocycles. The minimum Gasteiger partial charge on any atom is -0.337 e. The maximum Gasteiger partial charge on any atom is 0.133 e. The lowest BCUT2D eigenvalue weighted by Gasteiger charge is -2.37. The summed E-state index contributed by atoms with van der Waals surface area (Å²) < 4.78 is 0. The van der Waals surface area contributed by atoms with E-state index in [-0.39, 0.29) is 6.04 Å². The van der Waals surface area contributed by atoms with Gasteiger partial charge in [-0.25, -0.2) is 0 Å². The van der Waals surface area contributed by atoms with E-state index in [2.05, 4.69) is 163 Å². The highest BCUT2D eigenvalue weighted by atomic mass is 16.1. The van der Waals surface area contributed by atoms with Crippen molar-refractivity contribution in [1.82, 2.24) is 0 Å². The number of nitrogens with zero attached hydrogens (tertiary/aromatic N) is 1. The third kappa shape index (κ3) is 4.75. The van der Waals surface area contributed by atoms with Gasteiger partial charge in [0.1, 0.15) is 5.78 Å². The SMILES string of the molecule is O=C1CCC(N(c2cccc3cc4cc5cc6ccccc6cc5cc4cc23)c2cccc3cc4cc5cc6ccccc6cc5cc4cc23)CC1. The summed E-state index contributed by atoms with van der Waals surface area (Å²) >= 11 is 0. The van der Waals surface area contributed by atoms with Crippen LogP contribution in [0.15, 0.2) is 158 Å². The van der Waals surface area contributed by atoms with Crippen LogP contribution in [-0.2, 0) is 4.79 Å². The molecule has 1 fully saturated rings. The zero-order chi connectivity index (χ0) is 34.3. The van der Waals surface area contributed by atoms with Gasteiger partial charge in [-0.1, -0.05) is 72.8 Å². The van der Waals surface area contributed by atoms with E-state index in [0.717, 1.165) is 12.8 Å². The van der Waals surface area contributed by atoms with Gasteiger partial charge in [-0.3, -0.25) is 4.79 Å². The molecular formula is C50H35NO. The monoisotopic (exact) mass is 665 g/mol. The zero-order valence-corrected chi connectivity index (χ0v) is 28.8. The van der Waals surface area contributed by atoms with E-state index >= 15 is 0 Å². The molecule has 11 rings (SSSR count). The van der Waals surface area contributed by atoms with Crippen molar-refractivity contribution >= 4 is 103 Å². The molecule has 0 saturated heterocycles. The third-order valence-corrected chi connectivity index (χ3v) is 11.7. The van der Waals surface area contributed by atoms with Crippen molar-refractivity contribution in [3.63, 3.8) is 0 Å². The first kappa shape index (κ1) is 29.5. The number of hydrogen-bond donors (Lipinski definition) is 0. The second-order valence-electron chi connectivity index (χ2n) is 14.8. The minimum atomic E-state index is 0.214. The zero-order valence-electron chi connectivity index (χ0n) is 28.8. The van der Waals surface area contributed by atoms with Gasteiger partial charge in [0.2, 0.25) is 0 Å². The molecule has 0 spiro atoms. The summed E-state index contributed by atoms with van der Waals surface area (Å²) in [4.78, 5) is 15.2. The summed E-state index contributed by atoms with van der Waals surface area (Å²) in [7, 11) is 0. The highest BCUT2D eigenvalue weighted by Crippen LogP contribution is 2.43. The van der Waals surface area contributed by atoms with Crippen molar-refractivity contribution in [1.29, 1.82) is 0 Å². The topological polar surface area (TPSA) is 20.3 Å². The van der Waals surface area contributed by atoms with E-state index in [4.69, 9.17) is 0 Å². The number of anilines is 2. The molecule has 0 atom stereocenters. The summed E-state index contributed by atoms with van der Waals surface area (Å²) in [5.41, 5.74) is 2.41. The normalized spacial score (nSPS) is 14.2. The van der Waals surface area contributed by atoms with Crippen LogP contribution in [0, 0.1) is 0 Å². The molecule has 0 N–H and O–H groups in total. The predicted octanol–water partition coefficient (Wildman–Crippen LogP) is 13.6. The second-order valence-corrected chi connectivity index (χ2v) is 14.8. The molecule has 0 unspecified atom stereocenters. The van der Waals surface area contributed by atoms with Crippen LogP contribution in [-0.4, -0.2) is 11.8 Å². The van der Waals surface area contributed by atoms with Crippen LogP contribution >= 0.6 is 0 Å². The Morgan fingerprint density at radius 1 is 0.346 bits per heavy atom. The molecule has 0 aliphatic heterocycles. The first-order valence-corrected chi connectivity index (χ1v) is 18.5. The smallest absolute Gasteiger partial charge is 0.133 e. The summed E-state index contributed by atoms with van der Waals surface area (Å²) in [6.07, 6.45) is 2.95. The largest absolute Gasteiger partial charge is 0.337 e. The molecule has 246 valence electrons. The van der Waals surface area contributed by atoms with Crippen LogP contribution in [0.5, 0.6) is 0 Å². The summed E-state index contributed by atoms with van der Waals surface area (Å²) in [6.45, 7) is 0. The molecule has 0 amide bonds. The lowest BCUT2D eigenvalue weighted by molar-refractivity contribution is -0.120. The molecule has 1 saturated carbocycles. The fourth-order valence-electron chi connectivity index (χ4n) is 9.03. The fraction of sp³-hybridized carbons (Fsp3) is 0.100. The minimum absolute atomic E-state index is 0.214. The maximum absolute atomic E-state index is 12.6. The Morgan fingerprint density at radius 2 is 0.654 bits per heavy atom. The van der Waals surface area contributed by atoms with Gasteiger partial charge >= 0.3 is 0 Å². The molecule has 1 aliphatic rings. The average Bonchev–Trinajstić information content (AvgIpc) is 3.17. The van der Waals surface area contributed by atoms with Crippen molar-refractivity contribution in [3.8, 4) is 0 Å². The van der Waals surface area contributed by atoms with E-state index in [1.54, 1.807) is 0 Å². The number of ketones is 1. The Kier molecular flexibility index (Phi) is 6.45. The van der Waals surface area contributed by atoms with E-state index in [0.29, 0.717) is 18.6 Å². The summed E-state index contributed by atoms with van der Waals surface area (Å²) in [5.74, 6) is 0.378. The molecule has 2 heteroatoms. The van der Waals surface area contributed by atoms with Crippen LogP contribution in [0.2, 0.25) is 0 Å².